The molecule has 7 heteroatoms. The van der Waals surface area contributed by atoms with Crippen LogP contribution in [-0.2, 0) is 16.0 Å². The molecule has 1 saturated heterocycles. The van der Waals surface area contributed by atoms with Crippen LogP contribution in [-0.4, -0.2) is 31.1 Å². The van der Waals surface area contributed by atoms with Crippen molar-refractivity contribution in [3.63, 3.8) is 0 Å². The summed E-state index contributed by atoms with van der Waals surface area (Å²) in [6.45, 7) is 5.64. The first kappa shape index (κ1) is 21.3. The highest BCUT2D eigenvalue weighted by Gasteiger charge is 2.35. The minimum absolute atomic E-state index is 0.0244. The van der Waals surface area contributed by atoms with Crippen molar-refractivity contribution in [2.45, 2.75) is 13.3 Å². The number of aryl methyl sites for hydroxylation is 1. The van der Waals surface area contributed by atoms with Gasteiger partial charge in [0.2, 0.25) is 0 Å². The summed E-state index contributed by atoms with van der Waals surface area (Å²) in [4.78, 5) is 27.1. The molecule has 1 aliphatic rings. The van der Waals surface area contributed by atoms with E-state index < -0.39 is 11.8 Å². The maximum absolute atomic E-state index is 13.2. The van der Waals surface area contributed by atoms with Gasteiger partial charge in [-0.15, -0.1) is 6.58 Å². The van der Waals surface area contributed by atoms with Crippen LogP contribution >= 0.6 is 12.2 Å². The van der Waals surface area contributed by atoms with Gasteiger partial charge in [-0.1, -0.05) is 24.3 Å². The summed E-state index contributed by atoms with van der Waals surface area (Å²) in [6.07, 6.45) is 3.81. The first-order valence-electron chi connectivity index (χ1n) is 9.24. The normalized spacial score (nSPS) is 15.2. The van der Waals surface area contributed by atoms with E-state index in [0.29, 0.717) is 29.2 Å². The van der Waals surface area contributed by atoms with Gasteiger partial charge in [-0.05, 0) is 61.0 Å². The Hall–Kier alpha value is -3.45. The zero-order valence-corrected chi connectivity index (χ0v) is 17.8. The molecule has 0 unspecified atom stereocenters. The molecule has 0 aromatic heterocycles. The Kier molecular flexibility index (Phi) is 6.32. The predicted molar refractivity (Wildman–Crippen MR) is 121 cm³/mol. The molecule has 1 heterocycles. The van der Waals surface area contributed by atoms with Gasteiger partial charge < -0.3 is 9.47 Å². The summed E-state index contributed by atoms with van der Waals surface area (Å²) in [7, 11) is 3.09. The Morgan fingerprint density at radius 2 is 1.90 bits per heavy atom. The molecule has 0 atom stereocenters. The third kappa shape index (κ3) is 3.97. The number of hydrogen-bond donors (Lipinski definition) is 1. The molecule has 30 heavy (non-hydrogen) atoms. The Labute approximate surface area is 180 Å². The minimum atomic E-state index is -0.546. The van der Waals surface area contributed by atoms with Crippen LogP contribution in [0, 0.1) is 6.92 Å². The Bertz CT molecular complexity index is 1070. The fourth-order valence-corrected chi connectivity index (χ4v) is 3.59. The third-order valence-corrected chi connectivity index (χ3v) is 5.00. The summed E-state index contributed by atoms with van der Waals surface area (Å²) in [5, 5.41) is 2.66. The van der Waals surface area contributed by atoms with E-state index in [1.165, 1.54) is 18.1 Å². The second-order valence-electron chi connectivity index (χ2n) is 6.65. The van der Waals surface area contributed by atoms with Gasteiger partial charge in [0.15, 0.2) is 16.6 Å². The van der Waals surface area contributed by atoms with Crippen molar-refractivity contribution >= 4 is 40.9 Å². The van der Waals surface area contributed by atoms with E-state index in [-0.39, 0.29) is 10.7 Å². The number of rotatable bonds is 6. The number of hydrogen-bond acceptors (Lipinski definition) is 5. The van der Waals surface area contributed by atoms with Gasteiger partial charge in [-0.3, -0.25) is 19.8 Å². The second-order valence-corrected chi connectivity index (χ2v) is 7.04. The molecule has 0 aliphatic carbocycles. The number of nitrogens with zero attached hydrogens (tertiary/aromatic N) is 1. The van der Waals surface area contributed by atoms with Crippen LogP contribution < -0.4 is 19.7 Å². The predicted octanol–water partition coefficient (Wildman–Crippen LogP) is 3.57. The molecule has 0 saturated carbocycles. The van der Waals surface area contributed by atoms with Crippen LogP contribution in [0.4, 0.5) is 5.69 Å². The number of nitrogens with one attached hydrogen (secondary N) is 1. The maximum Gasteiger partial charge on any atom is 0.270 e. The second kappa shape index (κ2) is 8.92. The van der Waals surface area contributed by atoms with Crippen molar-refractivity contribution in [3.05, 3.63) is 71.3 Å². The van der Waals surface area contributed by atoms with Gasteiger partial charge in [-0.25, -0.2) is 0 Å². The molecule has 0 radical (unpaired) electrons. The van der Waals surface area contributed by atoms with Crippen molar-refractivity contribution in [3.8, 4) is 11.5 Å². The summed E-state index contributed by atoms with van der Waals surface area (Å²) < 4.78 is 10.9. The number of para-hydroxylation sites is 1. The minimum Gasteiger partial charge on any atom is -0.493 e. The lowest BCUT2D eigenvalue weighted by Gasteiger charge is -2.30. The molecule has 1 aliphatic heterocycles. The average Bonchev–Trinajstić information content (AvgIpc) is 2.72. The number of methoxy groups -OCH3 is 2. The van der Waals surface area contributed by atoms with E-state index in [4.69, 9.17) is 21.7 Å². The van der Waals surface area contributed by atoms with Gasteiger partial charge in [0.1, 0.15) is 5.57 Å². The first-order valence-corrected chi connectivity index (χ1v) is 9.65. The van der Waals surface area contributed by atoms with Gasteiger partial charge in [0, 0.05) is 5.56 Å². The third-order valence-electron chi connectivity index (χ3n) is 4.71. The standard InChI is InChI=1S/C23H22N2O4S/c1-5-8-16-11-15(13-19(28-3)20(16)29-4)12-17-21(26)24-23(30)25(22(17)27)18-10-7-6-9-14(18)2/h5-7,9-13H,1,8H2,2-4H3,(H,24,26,30)/b17-12+. The average molecular weight is 423 g/mol. The van der Waals surface area contributed by atoms with Crippen molar-refractivity contribution in [1.29, 1.82) is 0 Å². The van der Waals surface area contributed by atoms with Crippen molar-refractivity contribution in [2.75, 3.05) is 19.1 Å². The Morgan fingerprint density at radius 1 is 1.17 bits per heavy atom. The smallest absolute Gasteiger partial charge is 0.270 e. The number of carbonyl (C=O) groups is 2. The van der Waals surface area contributed by atoms with E-state index in [9.17, 15) is 9.59 Å². The zero-order valence-electron chi connectivity index (χ0n) is 17.0. The number of ether oxygens (including phenoxy) is 2. The highest BCUT2D eigenvalue weighted by Crippen LogP contribution is 2.34. The summed E-state index contributed by atoms with van der Waals surface area (Å²) in [6, 6.07) is 10.9. The van der Waals surface area contributed by atoms with Crippen LogP contribution in [0.25, 0.3) is 6.08 Å². The SMILES string of the molecule is C=CCc1cc(/C=C2\C(=O)NC(=S)N(c3ccccc3C)C2=O)cc(OC)c1OC. The van der Waals surface area contributed by atoms with Crippen LogP contribution in [0.5, 0.6) is 11.5 Å². The molecule has 2 amide bonds. The van der Waals surface area contributed by atoms with Crippen molar-refractivity contribution in [2.24, 2.45) is 0 Å². The van der Waals surface area contributed by atoms with Gasteiger partial charge >= 0.3 is 0 Å². The molecule has 1 fully saturated rings. The lowest BCUT2D eigenvalue weighted by Crippen LogP contribution is -2.54. The van der Waals surface area contributed by atoms with E-state index in [1.54, 1.807) is 25.3 Å². The molecule has 0 bridgehead atoms. The van der Waals surface area contributed by atoms with Crippen molar-refractivity contribution in [1.82, 2.24) is 5.32 Å². The van der Waals surface area contributed by atoms with E-state index in [0.717, 1.165) is 11.1 Å². The van der Waals surface area contributed by atoms with Crippen LogP contribution in [0.2, 0.25) is 0 Å². The van der Waals surface area contributed by atoms with Crippen LogP contribution in [0.1, 0.15) is 16.7 Å². The lowest BCUT2D eigenvalue weighted by molar-refractivity contribution is -0.122. The zero-order chi connectivity index (χ0) is 21.8. The topological polar surface area (TPSA) is 67.9 Å². The van der Waals surface area contributed by atoms with Crippen LogP contribution in [0.3, 0.4) is 0 Å². The molecule has 0 spiro atoms. The van der Waals surface area contributed by atoms with Gasteiger partial charge in [-0.2, -0.15) is 0 Å². The quantitative estimate of drug-likeness (QED) is 0.334. The highest BCUT2D eigenvalue weighted by atomic mass is 32.1. The largest absolute Gasteiger partial charge is 0.493 e. The lowest BCUT2D eigenvalue weighted by atomic mass is 10.0. The van der Waals surface area contributed by atoms with Crippen LogP contribution in [0.15, 0.2) is 54.6 Å². The molecule has 1 N–H and O–H groups in total. The highest BCUT2D eigenvalue weighted by molar-refractivity contribution is 7.80. The molecular weight excluding hydrogens is 400 g/mol. The van der Waals surface area contributed by atoms with Gasteiger partial charge in [0.05, 0.1) is 19.9 Å². The summed E-state index contributed by atoms with van der Waals surface area (Å²) >= 11 is 5.27. The Morgan fingerprint density at radius 3 is 2.53 bits per heavy atom. The summed E-state index contributed by atoms with van der Waals surface area (Å²) in [5.41, 5.74) is 2.92. The fourth-order valence-electron chi connectivity index (χ4n) is 3.31. The molecule has 154 valence electrons. The molecule has 2 aromatic rings. The number of anilines is 1. The van der Waals surface area contributed by atoms with E-state index >= 15 is 0 Å². The first-order chi connectivity index (χ1) is 14.4. The molecule has 2 aromatic carbocycles. The Balaban J connectivity index is 2.10. The molecule has 6 nitrogen and oxygen atoms in total. The maximum atomic E-state index is 13.2. The number of benzene rings is 2. The number of carbonyl (C=O) groups excluding carboxylic acids is 2. The molecule has 3 rings (SSSR count). The number of thiocarbonyl (C=S) groups is 1. The van der Waals surface area contributed by atoms with Gasteiger partial charge in [0.25, 0.3) is 11.8 Å². The van der Waals surface area contributed by atoms with E-state index in [1.807, 2.05) is 31.2 Å². The van der Waals surface area contributed by atoms with Crippen molar-refractivity contribution < 1.29 is 19.1 Å². The molecular formula is C23H22N2O4S. The number of amides is 2. The van der Waals surface area contributed by atoms with E-state index in [2.05, 4.69) is 11.9 Å². The summed E-state index contributed by atoms with van der Waals surface area (Å²) in [5.74, 6) is 0.0494. The monoisotopic (exact) mass is 422 g/mol. The fraction of sp³-hybridized carbons (Fsp3) is 0.174. The number of allylic oxidation sites excluding steroid dienone is 1.